The lowest BCUT2D eigenvalue weighted by Crippen LogP contribution is -1.98. The zero-order valence-corrected chi connectivity index (χ0v) is 18.8. The Kier molecular flexibility index (Phi) is 6.15. The number of hydrogen-bond donors (Lipinski definition) is 0. The second kappa shape index (κ2) is 9.15. The van der Waals surface area contributed by atoms with Gasteiger partial charge in [0.1, 0.15) is 12.4 Å². The van der Waals surface area contributed by atoms with Crippen molar-refractivity contribution in [3.63, 3.8) is 0 Å². The molecule has 0 saturated heterocycles. The molecule has 0 aliphatic carbocycles. The lowest BCUT2D eigenvalue weighted by atomic mass is 10.0. The topological polar surface area (TPSA) is 33.0 Å². The molecule has 30 heavy (non-hydrogen) atoms. The van der Waals surface area contributed by atoms with Gasteiger partial charge >= 0.3 is 0 Å². The van der Waals surface area contributed by atoms with Gasteiger partial charge in [-0.25, -0.2) is 0 Å². The summed E-state index contributed by atoms with van der Waals surface area (Å²) in [6.07, 6.45) is 1.92. The Morgan fingerprint density at radius 2 is 1.73 bits per heavy atom. The lowest BCUT2D eigenvalue weighted by molar-refractivity contribution is 0.305. The molecule has 0 heterocycles. The Bertz CT molecular complexity index is 1260. The van der Waals surface area contributed by atoms with E-state index in [1.807, 2.05) is 61.5 Å². The van der Waals surface area contributed by atoms with Crippen LogP contribution in [0, 0.1) is 21.8 Å². The largest absolute Gasteiger partial charge is 0.488 e. The van der Waals surface area contributed by atoms with Crippen LogP contribution in [0.2, 0.25) is 0 Å². The highest BCUT2D eigenvalue weighted by Crippen LogP contribution is 2.27. The molecule has 3 heteroatoms. The summed E-state index contributed by atoms with van der Waals surface area (Å²) >= 11 is 2.29. The molecule has 4 rings (SSSR count). The first-order chi connectivity index (χ1) is 14.6. The molecule has 4 aromatic rings. The molecule has 0 aliphatic heterocycles. The molecule has 0 fully saturated rings. The van der Waals surface area contributed by atoms with E-state index in [1.54, 1.807) is 0 Å². The van der Waals surface area contributed by atoms with Gasteiger partial charge in [0.2, 0.25) is 0 Å². The van der Waals surface area contributed by atoms with E-state index in [0.29, 0.717) is 12.2 Å². The van der Waals surface area contributed by atoms with E-state index < -0.39 is 0 Å². The van der Waals surface area contributed by atoms with Crippen molar-refractivity contribution in [2.24, 2.45) is 0 Å². The van der Waals surface area contributed by atoms with Crippen molar-refractivity contribution in [3.8, 4) is 11.8 Å². The van der Waals surface area contributed by atoms with E-state index in [2.05, 4.69) is 65.1 Å². The van der Waals surface area contributed by atoms with Crippen molar-refractivity contribution in [2.45, 2.75) is 13.5 Å². The van der Waals surface area contributed by atoms with Crippen molar-refractivity contribution in [1.82, 2.24) is 0 Å². The quantitative estimate of drug-likeness (QED) is 0.162. The molecule has 0 bridgehead atoms. The molecule has 0 aliphatic rings. The van der Waals surface area contributed by atoms with Crippen molar-refractivity contribution in [2.75, 3.05) is 0 Å². The molecule has 2 nitrogen and oxygen atoms in total. The van der Waals surface area contributed by atoms with E-state index >= 15 is 0 Å². The van der Waals surface area contributed by atoms with Gasteiger partial charge < -0.3 is 4.74 Å². The average Bonchev–Trinajstić information content (AvgIpc) is 2.77. The van der Waals surface area contributed by atoms with Gasteiger partial charge in [-0.2, -0.15) is 5.26 Å². The molecular weight excluding hydrogens is 481 g/mol. The highest BCUT2D eigenvalue weighted by Gasteiger charge is 2.07. The van der Waals surface area contributed by atoms with Crippen LogP contribution in [-0.2, 0) is 6.61 Å². The van der Waals surface area contributed by atoms with Crippen LogP contribution < -0.4 is 4.74 Å². The third kappa shape index (κ3) is 4.55. The number of benzene rings is 4. The van der Waals surface area contributed by atoms with Crippen molar-refractivity contribution >= 4 is 45.0 Å². The van der Waals surface area contributed by atoms with E-state index in [9.17, 15) is 5.26 Å². The molecule has 146 valence electrons. The van der Waals surface area contributed by atoms with Crippen molar-refractivity contribution in [3.05, 3.63) is 111 Å². The Labute approximate surface area is 190 Å². The number of rotatable bonds is 5. The molecular formula is C27H20INO. The minimum Gasteiger partial charge on any atom is -0.488 e. The predicted molar refractivity (Wildman–Crippen MR) is 132 cm³/mol. The van der Waals surface area contributed by atoms with Gasteiger partial charge in [-0.05, 0) is 75.2 Å². The van der Waals surface area contributed by atoms with Gasteiger partial charge in [0, 0.05) is 0 Å². The van der Waals surface area contributed by atoms with E-state index in [-0.39, 0.29) is 0 Å². The van der Waals surface area contributed by atoms with Gasteiger partial charge in [-0.1, -0.05) is 78.4 Å². The zero-order chi connectivity index (χ0) is 20.9. The zero-order valence-electron chi connectivity index (χ0n) is 16.6. The van der Waals surface area contributed by atoms with Gasteiger partial charge in [0.25, 0.3) is 0 Å². The van der Waals surface area contributed by atoms with Gasteiger partial charge in [-0.15, -0.1) is 0 Å². The molecule has 0 amide bonds. The van der Waals surface area contributed by atoms with E-state index in [0.717, 1.165) is 20.4 Å². The van der Waals surface area contributed by atoms with Crippen LogP contribution in [0.25, 0.3) is 22.4 Å². The fraction of sp³-hybridized carbons (Fsp3) is 0.0741. The standard InChI is InChI=1S/C27H20INO/c1-19-9-12-21(13-10-19)24(17-29)15-20-11-14-27(26(28)16-20)30-18-23-7-4-6-22-5-2-3-8-25(22)23/h2-16H,18H2,1H3/b24-15-. The monoisotopic (exact) mass is 501 g/mol. The third-order valence-corrected chi connectivity index (χ3v) is 5.86. The Balaban J connectivity index is 1.54. The van der Waals surface area contributed by atoms with Crippen LogP contribution in [0.1, 0.15) is 22.3 Å². The Morgan fingerprint density at radius 1 is 0.967 bits per heavy atom. The normalized spacial score (nSPS) is 11.3. The summed E-state index contributed by atoms with van der Waals surface area (Å²) in [6.45, 7) is 2.55. The predicted octanol–water partition coefficient (Wildman–Crippen LogP) is 7.40. The average molecular weight is 501 g/mol. The highest BCUT2D eigenvalue weighted by atomic mass is 127. The van der Waals surface area contributed by atoms with Crippen LogP contribution >= 0.6 is 22.6 Å². The summed E-state index contributed by atoms with van der Waals surface area (Å²) in [4.78, 5) is 0. The van der Waals surface area contributed by atoms with Gasteiger partial charge in [0.05, 0.1) is 15.2 Å². The number of allylic oxidation sites excluding steroid dienone is 1. The minimum atomic E-state index is 0.513. The van der Waals surface area contributed by atoms with E-state index in [4.69, 9.17) is 4.74 Å². The van der Waals surface area contributed by atoms with Crippen molar-refractivity contribution in [1.29, 1.82) is 5.26 Å². The molecule has 0 aromatic heterocycles. The maximum absolute atomic E-state index is 9.59. The van der Waals surface area contributed by atoms with Crippen LogP contribution in [0.3, 0.4) is 0 Å². The van der Waals surface area contributed by atoms with Crippen LogP contribution in [0.4, 0.5) is 0 Å². The van der Waals surface area contributed by atoms with Crippen molar-refractivity contribution < 1.29 is 4.74 Å². The summed E-state index contributed by atoms with van der Waals surface area (Å²) in [5.74, 6) is 0.842. The number of hydrogen-bond acceptors (Lipinski definition) is 2. The molecule has 0 saturated carbocycles. The molecule has 0 atom stereocenters. The molecule has 0 radical (unpaired) electrons. The van der Waals surface area contributed by atoms with Crippen LogP contribution in [-0.4, -0.2) is 0 Å². The second-order valence-corrected chi connectivity index (χ2v) is 8.31. The Morgan fingerprint density at radius 3 is 2.50 bits per heavy atom. The summed E-state index contributed by atoms with van der Waals surface area (Å²) in [6, 6.07) is 31.0. The summed E-state index contributed by atoms with van der Waals surface area (Å²) in [7, 11) is 0. The van der Waals surface area contributed by atoms with Gasteiger partial charge in [-0.3, -0.25) is 0 Å². The fourth-order valence-electron chi connectivity index (χ4n) is 3.38. The Hall–Kier alpha value is -3.10. The third-order valence-electron chi connectivity index (χ3n) is 5.01. The number of nitrogens with zero attached hydrogens (tertiary/aromatic N) is 1. The molecule has 0 spiro atoms. The van der Waals surface area contributed by atoms with Crippen LogP contribution in [0.5, 0.6) is 5.75 Å². The minimum absolute atomic E-state index is 0.513. The smallest absolute Gasteiger partial charge is 0.133 e. The maximum Gasteiger partial charge on any atom is 0.133 e. The summed E-state index contributed by atoms with van der Waals surface area (Å²) in [5.41, 5.74) is 4.90. The number of ether oxygens (including phenoxy) is 1. The number of nitriles is 1. The molecule has 4 aromatic carbocycles. The first-order valence-corrected chi connectivity index (χ1v) is 10.8. The number of fused-ring (bicyclic) bond motifs is 1. The number of halogens is 1. The second-order valence-electron chi connectivity index (χ2n) is 7.15. The molecule has 0 N–H and O–H groups in total. The molecule has 0 unspecified atom stereocenters. The summed E-state index contributed by atoms with van der Waals surface area (Å²) in [5, 5.41) is 12.0. The lowest BCUT2D eigenvalue weighted by Gasteiger charge is -2.11. The fourth-order valence-corrected chi connectivity index (χ4v) is 4.07. The first kappa shape index (κ1) is 20.2. The van der Waals surface area contributed by atoms with Gasteiger partial charge in [0.15, 0.2) is 0 Å². The SMILES string of the molecule is Cc1ccc(/C(C#N)=C\c2ccc(OCc3cccc4ccccc34)c(I)c2)cc1. The first-order valence-electron chi connectivity index (χ1n) is 9.72. The van der Waals surface area contributed by atoms with Crippen LogP contribution in [0.15, 0.2) is 84.9 Å². The number of aryl methyl sites for hydroxylation is 1. The summed E-state index contributed by atoms with van der Waals surface area (Å²) < 4.78 is 7.14. The highest BCUT2D eigenvalue weighted by molar-refractivity contribution is 14.1. The van der Waals surface area contributed by atoms with E-state index in [1.165, 1.54) is 21.9 Å². The maximum atomic E-state index is 9.59.